The summed E-state index contributed by atoms with van der Waals surface area (Å²) >= 11 is 0. The van der Waals surface area contributed by atoms with Crippen LogP contribution in [0.2, 0.25) is 0 Å². The third-order valence-electron chi connectivity index (χ3n) is 10.2. The number of rotatable bonds is 1. The number of hydrogen-bond acceptors (Lipinski definition) is 3. The van der Waals surface area contributed by atoms with Gasteiger partial charge in [0.15, 0.2) is 0 Å². The lowest BCUT2D eigenvalue weighted by Crippen LogP contribution is -2.66. The molecule has 1 spiro atoms. The number of ether oxygens (including phenoxy) is 1. The van der Waals surface area contributed by atoms with Gasteiger partial charge in [0.05, 0.1) is 13.0 Å². The van der Waals surface area contributed by atoms with Crippen LogP contribution in [0.25, 0.3) is 0 Å². The molecular weight excluding hydrogens is 322 g/mol. The van der Waals surface area contributed by atoms with Crippen LogP contribution in [-0.4, -0.2) is 37.1 Å². The molecule has 0 aromatic rings. The van der Waals surface area contributed by atoms with Crippen molar-refractivity contribution in [3.8, 4) is 0 Å². The number of methoxy groups -OCH3 is 1. The third kappa shape index (κ3) is 1.57. The molecule has 4 fully saturated rings. The highest BCUT2D eigenvalue weighted by Crippen LogP contribution is 2.76. The largest absolute Gasteiger partial charge is 0.469 e. The van der Waals surface area contributed by atoms with E-state index in [1.807, 2.05) is 0 Å². The molecule has 4 bridgehead atoms. The van der Waals surface area contributed by atoms with Crippen LogP contribution in [0.5, 0.6) is 0 Å². The number of hydrogen-bond donors (Lipinski definition) is 0. The molecule has 2 saturated carbocycles. The number of nitrogens with zero attached hydrogens (tertiary/aromatic N) is 1. The first-order valence-electron chi connectivity index (χ1n) is 11.1. The zero-order valence-electron chi connectivity index (χ0n) is 16.6. The average Bonchev–Trinajstić information content (AvgIpc) is 3.26. The van der Waals surface area contributed by atoms with E-state index < -0.39 is 0 Å². The summed E-state index contributed by atoms with van der Waals surface area (Å²) in [4.78, 5) is 15.7. The third-order valence-corrected chi connectivity index (χ3v) is 10.2. The van der Waals surface area contributed by atoms with Crippen molar-refractivity contribution in [1.29, 1.82) is 0 Å². The van der Waals surface area contributed by atoms with Gasteiger partial charge < -0.3 is 4.74 Å². The number of allylic oxidation sites excluding steroid dienone is 1. The summed E-state index contributed by atoms with van der Waals surface area (Å²) in [6, 6.07) is 0.700. The van der Waals surface area contributed by atoms with Crippen LogP contribution in [0.3, 0.4) is 0 Å². The first-order chi connectivity index (χ1) is 12.5. The molecule has 8 atom stereocenters. The lowest BCUT2D eigenvalue weighted by Gasteiger charge is -2.65. The summed E-state index contributed by atoms with van der Waals surface area (Å²) in [7, 11) is 1.60. The van der Waals surface area contributed by atoms with E-state index >= 15 is 0 Å². The molecule has 2 heterocycles. The minimum Gasteiger partial charge on any atom is -0.469 e. The van der Waals surface area contributed by atoms with E-state index in [0.29, 0.717) is 17.4 Å². The normalized spacial score (nSPS) is 54.3. The summed E-state index contributed by atoms with van der Waals surface area (Å²) in [5, 5.41) is 0. The van der Waals surface area contributed by atoms with Crippen LogP contribution in [0.15, 0.2) is 11.1 Å². The van der Waals surface area contributed by atoms with Gasteiger partial charge in [0.25, 0.3) is 0 Å². The van der Waals surface area contributed by atoms with E-state index in [1.54, 1.807) is 18.3 Å². The molecule has 0 radical (unpaired) electrons. The Morgan fingerprint density at radius 3 is 2.81 bits per heavy atom. The predicted molar refractivity (Wildman–Crippen MR) is 100 cm³/mol. The fraction of sp³-hybridized carbons (Fsp3) is 0.870. The van der Waals surface area contributed by atoms with Crippen LogP contribution in [0.4, 0.5) is 0 Å². The van der Waals surface area contributed by atoms with Gasteiger partial charge in [-0.15, -0.1) is 0 Å². The Hall–Kier alpha value is -0.830. The first kappa shape index (κ1) is 16.2. The summed E-state index contributed by atoms with van der Waals surface area (Å²) in [5.74, 6) is 3.16. The highest BCUT2D eigenvalue weighted by molar-refractivity contribution is 5.75. The summed E-state index contributed by atoms with van der Waals surface area (Å²) in [6.07, 6.45) is 9.03. The Labute approximate surface area is 157 Å². The molecule has 4 aliphatic carbocycles. The SMILES string of the molecule is COC(=O)[C@H]1C[C@@]23C4=C(CC[C@H]5CN6C[C@@H](C)[C@H](CC[C@]52C)[C@@H]63)CC[C@@H]41. The van der Waals surface area contributed by atoms with Gasteiger partial charge in [0.2, 0.25) is 0 Å². The molecule has 6 rings (SSSR count). The highest BCUT2D eigenvalue weighted by Gasteiger charge is 2.74. The van der Waals surface area contributed by atoms with Gasteiger partial charge in [-0.2, -0.15) is 0 Å². The Bertz CT molecular complexity index is 713. The Morgan fingerprint density at radius 1 is 1.19 bits per heavy atom. The summed E-state index contributed by atoms with van der Waals surface area (Å²) < 4.78 is 5.33. The van der Waals surface area contributed by atoms with Crippen molar-refractivity contribution >= 4 is 5.97 Å². The van der Waals surface area contributed by atoms with Gasteiger partial charge in [0, 0.05) is 24.5 Å². The van der Waals surface area contributed by atoms with Gasteiger partial charge in [-0.1, -0.05) is 25.0 Å². The molecule has 6 aliphatic rings. The Balaban J connectivity index is 1.60. The second-order valence-electron chi connectivity index (χ2n) is 10.7. The minimum absolute atomic E-state index is 0.0744. The second kappa shape index (κ2) is 4.96. The molecule has 2 aliphatic heterocycles. The molecule has 3 heteroatoms. The lowest BCUT2D eigenvalue weighted by atomic mass is 9.44. The quantitative estimate of drug-likeness (QED) is 0.525. The van der Waals surface area contributed by atoms with Crippen molar-refractivity contribution in [1.82, 2.24) is 4.90 Å². The minimum atomic E-state index is 0.0744. The maximum Gasteiger partial charge on any atom is 0.309 e. The average molecular weight is 356 g/mol. The van der Waals surface area contributed by atoms with Gasteiger partial charge in [-0.25, -0.2) is 0 Å². The van der Waals surface area contributed by atoms with Gasteiger partial charge in [-0.05, 0) is 74.0 Å². The standard InChI is InChI=1S/C23H33NO2/c1-13-11-24-12-15-6-4-14-5-7-17-18(21(25)26-3)10-23(19(14)17)20(24)16(13)8-9-22(15,23)2/h13,15-18,20H,4-12H2,1-3H3/t13-,15+,16+,17-,18+,20-,22-,23+/m1/s1. The van der Waals surface area contributed by atoms with Crippen molar-refractivity contribution in [3.63, 3.8) is 0 Å². The van der Waals surface area contributed by atoms with E-state index in [1.165, 1.54) is 51.6 Å². The smallest absolute Gasteiger partial charge is 0.309 e. The highest BCUT2D eigenvalue weighted by atomic mass is 16.5. The fourth-order valence-corrected chi connectivity index (χ4v) is 9.35. The summed E-state index contributed by atoms with van der Waals surface area (Å²) in [5.41, 5.74) is 4.25. The molecular formula is C23H33NO2. The van der Waals surface area contributed by atoms with Crippen LogP contribution >= 0.6 is 0 Å². The molecule has 2 saturated heterocycles. The number of esters is 1. The van der Waals surface area contributed by atoms with Crippen LogP contribution in [0, 0.1) is 40.4 Å². The predicted octanol–water partition coefficient (Wildman–Crippen LogP) is 4.03. The van der Waals surface area contributed by atoms with Gasteiger partial charge in [0.1, 0.15) is 0 Å². The molecule has 0 aromatic carbocycles. The number of carbonyl (C=O) groups is 1. The molecule has 0 amide bonds. The maximum atomic E-state index is 12.8. The molecule has 26 heavy (non-hydrogen) atoms. The van der Waals surface area contributed by atoms with E-state index in [9.17, 15) is 4.79 Å². The van der Waals surface area contributed by atoms with E-state index in [-0.39, 0.29) is 17.3 Å². The maximum absolute atomic E-state index is 12.8. The van der Waals surface area contributed by atoms with Crippen LogP contribution < -0.4 is 0 Å². The topological polar surface area (TPSA) is 29.5 Å². The van der Waals surface area contributed by atoms with Crippen molar-refractivity contribution < 1.29 is 9.53 Å². The molecule has 0 aromatic heterocycles. The van der Waals surface area contributed by atoms with Crippen LogP contribution in [0.1, 0.15) is 58.8 Å². The Morgan fingerprint density at radius 2 is 2.00 bits per heavy atom. The van der Waals surface area contributed by atoms with E-state index in [0.717, 1.165) is 24.2 Å². The van der Waals surface area contributed by atoms with E-state index in [2.05, 4.69) is 18.7 Å². The molecule has 0 N–H and O–H groups in total. The molecule has 0 unspecified atom stereocenters. The zero-order chi connectivity index (χ0) is 17.8. The lowest BCUT2D eigenvalue weighted by molar-refractivity contribution is -0.154. The van der Waals surface area contributed by atoms with E-state index in [4.69, 9.17) is 4.74 Å². The van der Waals surface area contributed by atoms with Gasteiger partial charge >= 0.3 is 5.97 Å². The monoisotopic (exact) mass is 355 g/mol. The number of piperidine rings is 1. The van der Waals surface area contributed by atoms with Crippen molar-refractivity contribution in [2.45, 2.75) is 64.8 Å². The zero-order valence-corrected chi connectivity index (χ0v) is 16.6. The Kier molecular flexibility index (Phi) is 3.08. The van der Waals surface area contributed by atoms with Crippen molar-refractivity contribution in [2.24, 2.45) is 40.4 Å². The van der Waals surface area contributed by atoms with Crippen LogP contribution in [-0.2, 0) is 9.53 Å². The molecule has 3 nitrogen and oxygen atoms in total. The second-order valence-corrected chi connectivity index (χ2v) is 10.7. The van der Waals surface area contributed by atoms with Gasteiger partial charge in [-0.3, -0.25) is 9.69 Å². The molecule has 142 valence electrons. The first-order valence-corrected chi connectivity index (χ1v) is 11.1. The number of carbonyl (C=O) groups excluding carboxylic acids is 1. The van der Waals surface area contributed by atoms with Crippen molar-refractivity contribution in [3.05, 3.63) is 11.1 Å². The fourth-order valence-electron chi connectivity index (χ4n) is 9.35. The van der Waals surface area contributed by atoms with Crippen molar-refractivity contribution in [2.75, 3.05) is 20.2 Å². The summed E-state index contributed by atoms with van der Waals surface area (Å²) in [6.45, 7) is 7.74.